The first-order chi connectivity index (χ1) is 11.5. The zero-order chi connectivity index (χ0) is 17.3. The predicted octanol–water partition coefficient (Wildman–Crippen LogP) is 2.46. The number of amides is 1. The molecule has 0 spiro atoms. The van der Waals surface area contributed by atoms with Crippen molar-refractivity contribution >= 4 is 11.4 Å². The van der Waals surface area contributed by atoms with Crippen molar-refractivity contribution in [2.24, 2.45) is 0 Å². The quantitative estimate of drug-likeness (QED) is 0.719. The van der Waals surface area contributed by atoms with Gasteiger partial charge in [-0.05, 0) is 18.6 Å². The average molecular weight is 327 g/mol. The Morgan fingerprint density at radius 3 is 2.88 bits per heavy atom. The van der Waals surface area contributed by atoms with Crippen LogP contribution in [0.2, 0.25) is 0 Å². The summed E-state index contributed by atoms with van der Waals surface area (Å²) in [7, 11) is 1.77. The summed E-state index contributed by atoms with van der Waals surface area (Å²) in [4.78, 5) is 18.6. The van der Waals surface area contributed by atoms with Gasteiger partial charge in [-0.1, -0.05) is 25.1 Å². The lowest BCUT2D eigenvalue weighted by Gasteiger charge is -2.15. The van der Waals surface area contributed by atoms with Crippen molar-refractivity contribution in [3.63, 3.8) is 0 Å². The third-order valence-corrected chi connectivity index (χ3v) is 3.89. The number of nitrogens with zero attached hydrogens (tertiary/aromatic N) is 5. The molecule has 0 atom stereocenters. The van der Waals surface area contributed by atoms with E-state index < -0.39 is 0 Å². The van der Waals surface area contributed by atoms with Crippen LogP contribution in [0.5, 0.6) is 0 Å². The Morgan fingerprint density at radius 2 is 2.17 bits per heavy atom. The molecule has 0 unspecified atom stereocenters. The third-order valence-electron chi connectivity index (χ3n) is 3.89. The van der Waals surface area contributed by atoms with Crippen LogP contribution in [-0.4, -0.2) is 44.2 Å². The Morgan fingerprint density at radius 1 is 1.38 bits per heavy atom. The fraction of sp³-hybridized carbons (Fsp3) is 0.412. The molecule has 3 heterocycles. The summed E-state index contributed by atoms with van der Waals surface area (Å²) in [5.74, 6) is 1.38. The molecule has 0 saturated carbocycles. The fourth-order valence-corrected chi connectivity index (χ4v) is 2.43. The molecule has 3 rings (SSSR count). The maximum absolute atomic E-state index is 12.6. The summed E-state index contributed by atoms with van der Waals surface area (Å²) in [6.45, 7) is 6.50. The van der Waals surface area contributed by atoms with E-state index >= 15 is 0 Å². The Kier molecular flexibility index (Phi) is 4.33. The first-order valence-electron chi connectivity index (χ1n) is 7.97. The number of hydrogen-bond acceptors (Lipinski definition) is 5. The van der Waals surface area contributed by atoms with Crippen molar-refractivity contribution < 1.29 is 9.32 Å². The molecule has 3 aromatic rings. The topological polar surface area (TPSA) is 76.5 Å². The number of hydrogen-bond donors (Lipinski definition) is 0. The normalized spacial score (nSPS) is 11.4. The van der Waals surface area contributed by atoms with Crippen molar-refractivity contribution in [3.05, 3.63) is 47.4 Å². The minimum absolute atomic E-state index is 0.0681. The van der Waals surface area contributed by atoms with Crippen LogP contribution in [0.3, 0.4) is 0 Å². The van der Waals surface area contributed by atoms with Crippen LogP contribution in [-0.2, 0) is 6.42 Å². The summed E-state index contributed by atoms with van der Waals surface area (Å²) < 4.78 is 6.91. The van der Waals surface area contributed by atoms with Crippen LogP contribution in [0.15, 0.2) is 29.0 Å². The minimum Gasteiger partial charge on any atom is -0.341 e. The second-order valence-electron chi connectivity index (χ2n) is 6.27. The van der Waals surface area contributed by atoms with Crippen LogP contribution in [0.25, 0.3) is 5.52 Å². The molecule has 0 aliphatic carbocycles. The summed E-state index contributed by atoms with van der Waals surface area (Å²) in [5.41, 5.74) is 2.49. The molecule has 24 heavy (non-hydrogen) atoms. The summed E-state index contributed by atoms with van der Waals surface area (Å²) in [6.07, 6.45) is 4.06. The largest absolute Gasteiger partial charge is 0.341 e. The third kappa shape index (κ3) is 3.15. The summed E-state index contributed by atoms with van der Waals surface area (Å²) >= 11 is 0. The molecule has 0 aliphatic rings. The molecule has 7 nitrogen and oxygen atoms in total. The lowest BCUT2D eigenvalue weighted by Crippen LogP contribution is -2.29. The Balaban J connectivity index is 1.69. The van der Waals surface area contributed by atoms with Gasteiger partial charge in [0.25, 0.3) is 5.91 Å². The average Bonchev–Trinajstić information content (AvgIpc) is 3.18. The Labute approximate surface area is 140 Å². The second-order valence-corrected chi connectivity index (χ2v) is 6.27. The fourth-order valence-electron chi connectivity index (χ4n) is 2.43. The molecular formula is C17H21N5O2. The SMILES string of the molecule is Cc1ccc2c(C(=O)N(C)CCc3noc(C(C)C)n3)cnn2c1. The summed E-state index contributed by atoms with van der Waals surface area (Å²) in [5, 5.41) is 8.20. The molecule has 0 fully saturated rings. The van der Waals surface area contributed by atoms with E-state index in [0.717, 1.165) is 11.1 Å². The number of rotatable bonds is 5. The van der Waals surface area contributed by atoms with E-state index in [1.165, 1.54) is 0 Å². The standard InChI is InChI=1S/C17H21N5O2/c1-11(2)16-19-15(20-24-16)7-8-21(4)17(23)13-9-18-22-10-12(3)5-6-14(13)22/h5-6,9-11H,7-8H2,1-4H3. The van der Waals surface area contributed by atoms with Crippen LogP contribution in [0.1, 0.15) is 47.4 Å². The van der Waals surface area contributed by atoms with Gasteiger partial charge in [-0.15, -0.1) is 0 Å². The van der Waals surface area contributed by atoms with E-state index in [-0.39, 0.29) is 11.8 Å². The summed E-state index contributed by atoms with van der Waals surface area (Å²) in [6, 6.07) is 3.89. The highest BCUT2D eigenvalue weighted by atomic mass is 16.5. The molecule has 126 valence electrons. The van der Waals surface area contributed by atoms with Gasteiger partial charge in [-0.2, -0.15) is 10.1 Å². The lowest BCUT2D eigenvalue weighted by molar-refractivity contribution is 0.0797. The van der Waals surface area contributed by atoms with E-state index in [9.17, 15) is 4.79 Å². The second kappa shape index (κ2) is 6.43. The zero-order valence-corrected chi connectivity index (χ0v) is 14.4. The molecule has 0 aromatic carbocycles. The van der Waals surface area contributed by atoms with Gasteiger partial charge in [0.1, 0.15) is 0 Å². The minimum atomic E-state index is -0.0681. The Bertz CT molecular complexity index is 865. The smallest absolute Gasteiger partial charge is 0.257 e. The van der Waals surface area contributed by atoms with Crippen molar-refractivity contribution in [1.29, 1.82) is 0 Å². The van der Waals surface area contributed by atoms with E-state index in [4.69, 9.17) is 4.52 Å². The number of likely N-dealkylation sites (N-methyl/N-ethyl adjacent to an activating group) is 1. The van der Waals surface area contributed by atoms with Gasteiger partial charge < -0.3 is 9.42 Å². The number of aromatic nitrogens is 4. The first-order valence-corrected chi connectivity index (χ1v) is 7.97. The van der Waals surface area contributed by atoms with Crippen molar-refractivity contribution in [3.8, 4) is 0 Å². The molecule has 0 radical (unpaired) electrons. The van der Waals surface area contributed by atoms with Crippen LogP contribution in [0, 0.1) is 6.92 Å². The molecule has 7 heteroatoms. The van der Waals surface area contributed by atoms with Gasteiger partial charge in [0.2, 0.25) is 5.89 Å². The van der Waals surface area contributed by atoms with Gasteiger partial charge in [0.15, 0.2) is 5.82 Å². The van der Waals surface area contributed by atoms with E-state index in [1.807, 2.05) is 39.1 Å². The van der Waals surface area contributed by atoms with Crippen molar-refractivity contribution in [1.82, 2.24) is 24.7 Å². The number of pyridine rings is 1. The first kappa shape index (κ1) is 16.2. The molecule has 0 aliphatic heterocycles. The number of aryl methyl sites for hydroxylation is 1. The molecule has 0 saturated heterocycles. The number of carbonyl (C=O) groups is 1. The zero-order valence-electron chi connectivity index (χ0n) is 14.4. The Hall–Kier alpha value is -2.70. The van der Waals surface area contributed by atoms with Crippen LogP contribution >= 0.6 is 0 Å². The number of carbonyl (C=O) groups excluding carboxylic acids is 1. The van der Waals surface area contributed by atoms with E-state index in [1.54, 1.807) is 22.7 Å². The molecule has 3 aromatic heterocycles. The predicted molar refractivity (Wildman–Crippen MR) is 89.0 cm³/mol. The molecule has 1 amide bonds. The highest BCUT2D eigenvalue weighted by Crippen LogP contribution is 2.15. The van der Waals surface area contributed by atoms with Gasteiger partial charge >= 0.3 is 0 Å². The lowest BCUT2D eigenvalue weighted by atomic mass is 10.2. The van der Waals surface area contributed by atoms with Gasteiger partial charge in [0.05, 0.1) is 17.3 Å². The maximum atomic E-state index is 12.6. The van der Waals surface area contributed by atoms with Gasteiger partial charge in [-0.3, -0.25) is 4.79 Å². The molecular weight excluding hydrogens is 306 g/mol. The highest BCUT2D eigenvalue weighted by molar-refractivity contribution is 6.00. The molecule has 0 N–H and O–H groups in total. The monoisotopic (exact) mass is 327 g/mol. The van der Waals surface area contributed by atoms with E-state index in [0.29, 0.717) is 30.2 Å². The van der Waals surface area contributed by atoms with Crippen molar-refractivity contribution in [2.75, 3.05) is 13.6 Å². The number of fused-ring (bicyclic) bond motifs is 1. The van der Waals surface area contributed by atoms with Gasteiger partial charge in [-0.25, -0.2) is 4.52 Å². The molecule has 0 bridgehead atoms. The van der Waals surface area contributed by atoms with E-state index in [2.05, 4.69) is 15.2 Å². The van der Waals surface area contributed by atoms with Crippen molar-refractivity contribution in [2.45, 2.75) is 33.1 Å². The van der Waals surface area contributed by atoms with Crippen LogP contribution in [0.4, 0.5) is 0 Å². The highest BCUT2D eigenvalue weighted by Gasteiger charge is 2.18. The van der Waals surface area contributed by atoms with Crippen LogP contribution < -0.4 is 0 Å². The van der Waals surface area contributed by atoms with Gasteiger partial charge in [0, 0.05) is 32.1 Å². The maximum Gasteiger partial charge on any atom is 0.257 e.